The Bertz CT molecular complexity index is 1090. The molecule has 1 N–H and O–H groups in total. The average molecular weight is 432 g/mol. The predicted molar refractivity (Wildman–Crippen MR) is 114 cm³/mol. The van der Waals surface area contributed by atoms with Gasteiger partial charge in [0.25, 0.3) is 0 Å². The molecule has 29 heavy (non-hydrogen) atoms. The lowest BCUT2D eigenvalue weighted by Crippen LogP contribution is -2.40. The summed E-state index contributed by atoms with van der Waals surface area (Å²) in [6.07, 6.45) is 1.17. The van der Waals surface area contributed by atoms with E-state index in [-0.39, 0.29) is 10.5 Å². The van der Waals surface area contributed by atoms with Gasteiger partial charge in [0.2, 0.25) is 10.0 Å². The van der Waals surface area contributed by atoms with E-state index in [4.69, 9.17) is 16.3 Å². The van der Waals surface area contributed by atoms with Gasteiger partial charge in [0.15, 0.2) is 0 Å². The molecule has 2 aromatic carbocycles. The van der Waals surface area contributed by atoms with Crippen LogP contribution in [0.2, 0.25) is 0 Å². The number of halogens is 1. The second-order valence-electron chi connectivity index (χ2n) is 6.88. The average Bonchev–Trinajstić information content (AvgIpc) is 2.72. The van der Waals surface area contributed by atoms with E-state index >= 15 is 0 Å². The van der Waals surface area contributed by atoms with Gasteiger partial charge in [0, 0.05) is 5.03 Å². The first-order chi connectivity index (χ1) is 13.7. The van der Waals surface area contributed by atoms with Crippen molar-refractivity contribution in [2.75, 3.05) is 7.11 Å². The van der Waals surface area contributed by atoms with Crippen LogP contribution in [-0.4, -0.2) is 27.5 Å². The Kier molecular flexibility index (Phi) is 6.27. The Labute approximate surface area is 176 Å². The Morgan fingerprint density at radius 2 is 1.79 bits per heavy atom. The van der Waals surface area contributed by atoms with Crippen LogP contribution in [0.1, 0.15) is 23.1 Å². The Morgan fingerprint density at radius 3 is 2.45 bits per heavy atom. The lowest BCUT2D eigenvalue weighted by molar-refractivity contribution is -0.136. The van der Waals surface area contributed by atoms with Crippen molar-refractivity contribution in [2.45, 2.75) is 30.7 Å². The van der Waals surface area contributed by atoms with Crippen molar-refractivity contribution in [1.82, 2.24) is 4.72 Å². The highest BCUT2D eigenvalue weighted by molar-refractivity contribution is 7.89. The molecule has 2 aromatic rings. The summed E-state index contributed by atoms with van der Waals surface area (Å²) in [6.45, 7) is 5.66. The number of carbonyl (C=O) groups is 1. The SMILES string of the molecule is C=C(C(=O)OC)C(NS(=O)(=O)c1ccc(C)cc1)C1=C(Cl)c2ccccc2CC1. The standard InChI is InChI=1S/C22H22ClNO4S/c1-14-8-11-17(12-9-14)29(26,27)24-21(15(2)22(25)28-3)19-13-10-16-6-4-5-7-18(16)20(19)23/h4-9,11-12,21,24H,2,10,13H2,1,3H3. The third-order valence-corrected chi connectivity index (χ3v) is 6.83. The number of nitrogens with one attached hydrogen (secondary N) is 1. The van der Waals surface area contributed by atoms with Crippen LogP contribution in [0.5, 0.6) is 0 Å². The number of hydrogen-bond donors (Lipinski definition) is 1. The summed E-state index contributed by atoms with van der Waals surface area (Å²) in [6, 6.07) is 13.1. The van der Waals surface area contributed by atoms with Crippen LogP contribution in [-0.2, 0) is 26.0 Å². The summed E-state index contributed by atoms with van der Waals surface area (Å²) < 4.78 is 33.4. The molecule has 1 aliphatic rings. The van der Waals surface area contributed by atoms with E-state index in [1.807, 2.05) is 31.2 Å². The third-order valence-electron chi connectivity index (χ3n) is 4.95. The fourth-order valence-corrected chi connectivity index (χ4v) is 4.93. The highest BCUT2D eigenvalue weighted by Crippen LogP contribution is 2.37. The van der Waals surface area contributed by atoms with Gasteiger partial charge in [-0.05, 0) is 48.6 Å². The van der Waals surface area contributed by atoms with Crippen molar-refractivity contribution in [2.24, 2.45) is 0 Å². The van der Waals surface area contributed by atoms with E-state index < -0.39 is 22.0 Å². The van der Waals surface area contributed by atoms with Crippen molar-refractivity contribution in [3.63, 3.8) is 0 Å². The highest BCUT2D eigenvalue weighted by Gasteiger charge is 2.32. The second kappa shape index (κ2) is 8.53. The molecular weight excluding hydrogens is 410 g/mol. The number of benzene rings is 2. The van der Waals surface area contributed by atoms with E-state index in [0.29, 0.717) is 23.4 Å². The maximum absolute atomic E-state index is 13.0. The zero-order chi connectivity index (χ0) is 21.2. The Balaban J connectivity index is 2.06. The maximum Gasteiger partial charge on any atom is 0.335 e. The molecule has 0 spiro atoms. The summed E-state index contributed by atoms with van der Waals surface area (Å²) in [5.41, 5.74) is 3.42. The van der Waals surface area contributed by atoms with Gasteiger partial charge in [-0.1, -0.05) is 60.1 Å². The van der Waals surface area contributed by atoms with Gasteiger partial charge in [-0.3, -0.25) is 0 Å². The minimum atomic E-state index is -3.92. The fraction of sp³-hybridized carbons (Fsp3) is 0.227. The van der Waals surface area contributed by atoms with Gasteiger partial charge < -0.3 is 4.74 Å². The monoisotopic (exact) mass is 431 g/mol. The largest absolute Gasteiger partial charge is 0.466 e. The maximum atomic E-state index is 13.0. The van der Waals surface area contributed by atoms with Crippen LogP contribution < -0.4 is 4.72 Å². The molecule has 0 fully saturated rings. The molecule has 0 radical (unpaired) electrons. The van der Waals surface area contributed by atoms with E-state index in [9.17, 15) is 13.2 Å². The molecule has 152 valence electrons. The Hall–Kier alpha value is -2.41. The quantitative estimate of drug-likeness (QED) is 0.555. The van der Waals surface area contributed by atoms with E-state index in [1.165, 1.54) is 19.2 Å². The zero-order valence-corrected chi connectivity index (χ0v) is 17.8. The molecule has 0 saturated carbocycles. The summed E-state index contributed by atoms with van der Waals surface area (Å²) in [5, 5.41) is 0.425. The topological polar surface area (TPSA) is 72.5 Å². The van der Waals surface area contributed by atoms with Crippen molar-refractivity contribution in [3.8, 4) is 0 Å². The first-order valence-electron chi connectivity index (χ1n) is 9.07. The normalized spacial score (nSPS) is 14.9. The van der Waals surface area contributed by atoms with Crippen molar-refractivity contribution < 1.29 is 17.9 Å². The molecule has 0 aromatic heterocycles. The van der Waals surface area contributed by atoms with Gasteiger partial charge in [0.1, 0.15) is 0 Å². The van der Waals surface area contributed by atoms with Gasteiger partial charge in [0.05, 0.1) is 23.6 Å². The Morgan fingerprint density at radius 1 is 1.14 bits per heavy atom. The third kappa shape index (κ3) is 4.45. The molecule has 1 atom stereocenters. The van der Waals surface area contributed by atoms with Gasteiger partial charge in [-0.2, -0.15) is 4.72 Å². The van der Waals surface area contributed by atoms with Crippen molar-refractivity contribution >= 4 is 32.6 Å². The van der Waals surface area contributed by atoms with E-state index in [1.54, 1.807) is 12.1 Å². The number of methoxy groups -OCH3 is 1. The zero-order valence-electron chi connectivity index (χ0n) is 16.2. The lowest BCUT2D eigenvalue weighted by Gasteiger charge is -2.28. The predicted octanol–water partition coefficient (Wildman–Crippen LogP) is 3.97. The van der Waals surface area contributed by atoms with Crippen LogP contribution in [0.3, 0.4) is 0 Å². The number of carbonyl (C=O) groups excluding carboxylic acids is 1. The number of rotatable bonds is 6. The molecule has 0 amide bonds. The molecule has 0 aliphatic heterocycles. The first kappa shape index (κ1) is 21.3. The molecule has 5 nitrogen and oxygen atoms in total. The van der Waals surface area contributed by atoms with Gasteiger partial charge in [-0.25, -0.2) is 13.2 Å². The summed E-state index contributed by atoms with van der Waals surface area (Å²) in [5.74, 6) is -0.697. The molecule has 1 aliphatic carbocycles. The van der Waals surface area contributed by atoms with Gasteiger partial charge >= 0.3 is 5.97 Å². The lowest BCUT2D eigenvalue weighted by atomic mass is 9.86. The van der Waals surface area contributed by atoms with Crippen LogP contribution in [0.25, 0.3) is 5.03 Å². The first-order valence-corrected chi connectivity index (χ1v) is 10.9. The van der Waals surface area contributed by atoms with Crippen LogP contribution in [0.4, 0.5) is 0 Å². The smallest absolute Gasteiger partial charge is 0.335 e. The number of sulfonamides is 1. The molecule has 0 saturated heterocycles. The number of aryl methyl sites for hydroxylation is 2. The van der Waals surface area contributed by atoms with E-state index in [2.05, 4.69) is 11.3 Å². The molecule has 0 bridgehead atoms. The molecule has 0 heterocycles. The summed E-state index contributed by atoms with van der Waals surface area (Å²) >= 11 is 6.65. The minimum absolute atomic E-state index is 0.0179. The van der Waals surface area contributed by atoms with Crippen molar-refractivity contribution in [3.05, 3.63) is 82.9 Å². The number of ether oxygens (including phenoxy) is 1. The summed E-state index contributed by atoms with van der Waals surface area (Å²) in [4.78, 5) is 12.3. The fourth-order valence-electron chi connectivity index (χ4n) is 3.32. The molecule has 3 rings (SSSR count). The second-order valence-corrected chi connectivity index (χ2v) is 8.97. The number of hydrogen-bond acceptors (Lipinski definition) is 4. The van der Waals surface area contributed by atoms with Crippen molar-refractivity contribution in [1.29, 1.82) is 0 Å². The minimum Gasteiger partial charge on any atom is -0.466 e. The van der Waals surface area contributed by atoms with Crippen LogP contribution >= 0.6 is 11.6 Å². The number of fused-ring (bicyclic) bond motifs is 1. The molecular formula is C22H22ClNO4S. The highest BCUT2D eigenvalue weighted by atomic mass is 35.5. The van der Waals surface area contributed by atoms with Gasteiger partial charge in [-0.15, -0.1) is 0 Å². The summed E-state index contributed by atoms with van der Waals surface area (Å²) in [7, 11) is -2.70. The molecule has 7 heteroatoms. The van der Waals surface area contributed by atoms with Crippen LogP contribution in [0.15, 0.2) is 71.2 Å². The number of esters is 1. The van der Waals surface area contributed by atoms with Crippen LogP contribution in [0, 0.1) is 6.92 Å². The van der Waals surface area contributed by atoms with E-state index in [0.717, 1.165) is 16.7 Å². The molecule has 1 unspecified atom stereocenters.